The molecule has 1 unspecified atom stereocenters. The summed E-state index contributed by atoms with van der Waals surface area (Å²) in [6.45, 7) is 2.42. The van der Waals surface area contributed by atoms with Crippen LogP contribution in [0.4, 0.5) is 5.69 Å². The Kier molecular flexibility index (Phi) is 9.03. The van der Waals surface area contributed by atoms with Crippen molar-refractivity contribution < 1.29 is 18.7 Å². The van der Waals surface area contributed by atoms with Gasteiger partial charge in [-0.2, -0.15) is 0 Å². The maximum absolute atomic E-state index is 13.7. The number of methoxy groups -OCH3 is 1. The quantitative estimate of drug-likeness (QED) is 0.156. The fourth-order valence-electron chi connectivity index (χ4n) is 4.41. The molecule has 0 fully saturated rings. The number of amides is 2. The Hall–Kier alpha value is -4.83. The van der Waals surface area contributed by atoms with E-state index in [1.165, 1.54) is 11.8 Å². The topological polar surface area (TPSA) is 115 Å². The van der Waals surface area contributed by atoms with Crippen LogP contribution in [0, 0.1) is 0 Å². The lowest BCUT2D eigenvalue weighted by molar-refractivity contribution is -0.115. The Balaban J connectivity index is 1.39. The van der Waals surface area contributed by atoms with E-state index in [4.69, 9.17) is 14.1 Å². The fraction of sp³-hybridized carbons (Fsp3) is 0.188. The number of ether oxygens (including phenoxy) is 1. The molecule has 10 heteroatoms. The van der Waals surface area contributed by atoms with Crippen LogP contribution >= 0.6 is 11.8 Å². The van der Waals surface area contributed by atoms with Gasteiger partial charge in [0.05, 0.1) is 48.3 Å². The molecule has 0 aliphatic carbocycles. The number of hydrogen-bond donors (Lipinski definition) is 2. The van der Waals surface area contributed by atoms with Crippen LogP contribution in [-0.2, 0) is 17.9 Å². The van der Waals surface area contributed by atoms with E-state index in [2.05, 4.69) is 10.6 Å². The van der Waals surface area contributed by atoms with Gasteiger partial charge in [0, 0.05) is 5.56 Å². The number of carbonyl (C=O) groups is 2. The van der Waals surface area contributed by atoms with Crippen molar-refractivity contribution in [2.24, 2.45) is 0 Å². The molecule has 42 heavy (non-hydrogen) atoms. The fourth-order valence-corrected chi connectivity index (χ4v) is 5.43. The summed E-state index contributed by atoms with van der Waals surface area (Å²) >= 11 is 1.24. The zero-order valence-corrected chi connectivity index (χ0v) is 24.0. The van der Waals surface area contributed by atoms with Crippen LogP contribution in [0.15, 0.2) is 106 Å². The highest BCUT2D eigenvalue weighted by atomic mass is 32.2. The molecule has 3 aromatic carbocycles. The maximum atomic E-state index is 13.7. The van der Waals surface area contributed by atoms with E-state index in [1.54, 1.807) is 72.5 Å². The number of thioether (sulfide) groups is 1. The zero-order valence-electron chi connectivity index (χ0n) is 23.2. The van der Waals surface area contributed by atoms with Gasteiger partial charge in [0.1, 0.15) is 11.5 Å². The third kappa shape index (κ3) is 6.55. The van der Waals surface area contributed by atoms with E-state index in [9.17, 15) is 14.4 Å². The smallest absolute Gasteiger partial charge is 0.262 e. The first-order chi connectivity index (χ1) is 20.5. The van der Waals surface area contributed by atoms with Crippen LogP contribution < -0.4 is 20.9 Å². The third-order valence-electron chi connectivity index (χ3n) is 6.66. The molecule has 0 aliphatic heterocycles. The minimum absolute atomic E-state index is 0.205. The number of carbonyl (C=O) groups excluding carboxylic acids is 2. The number of furan rings is 1. The summed E-state index contributed by atoms with van der Waals surface area (Å²) in [5, 5.41) is 6.17. The largest absolute Gasteiger partial charge is 0.495 e. The summed E-state index contributed by atoms with van der Waals surface area (Å²) in [5.74, 6) is 0.774. The monoisotopic (exact) mass is 582 g/mol. The molecule has 2 amide bonds. The molecule has 2 heterocycles. The summed E-state index contributed by atoms with van der Waals surface area (Å²) in [5.41, 5.74) is 2.22. The van der Waals surface area contributed by atoms with Gasteiger partial charge in [-0.25, -0.2) is 4.98 Å². The predicted octanol–water partition coefficient (Wildman–Crippen LogP) is 5.49. The van der Waals surface area contributed by atoms with Crippen molar-refractivity contribution in [1.29, 1.82) is 0 Å². The lowest BCUT2D eigenvalue weighted by atomic mass is 10.1. The molecule has 0 saturated carbocycles. The van der Waals surface area contributed by atoms with E-state index in [-0.39, 0.29) is 30.5 Å². The summed E-state index contributed by atoms with van der Waals surface area (Å²) in [6, 6.07) is 25.0. The van der Waals surface area contributed by atoms with Crippen LogP contribution in [0.25, 0.3) is 10.9 Å². The minimum atomic E-state index is -0.519. The van der Waals surface area contributed by atoms with Crippen molar-refractivity contribution in [3.63, 3.8) is 0 Å². The van der Waals surface area contributed by atoms with Crippen LogP contribution in [0.2, 0.25) is 0 Å². The zero-order chi connectivity index (χ0) is 29.5. The molecule has 5 aromatic rings. The molecule has 0 bridgehead atoms. The summed E-state index contributed by atoms with van der Waals surface area (Å²) in [7, 11) is 1.55. The van der Waals surface area contributed by atoms with Crippen molar-refractivity contribution in [3.8, 4) is 5.75 Å². The van der Waals surface area contributed by atoms with Crippen molar-refractivity contribution in [1.82, 2.24) is 14.9 Å². The Morgan fingerprint density at radius 1 is 1.00 bits per heavy atom. The number of para-hydroxylation sites is 3. The normalized spacial score (nSPS) is 11.7. The molecular weight excluding hydrogens is 552 g/mol. The molecule has 2 aromatic heterocycles. The summed E-state index contributed by atoms with van der Waals surface area (Å²) in [6.07, 6.45) is 2.07. The van der Waals surface area contributed by atoms with Crippen LogP contribution in [0.3, 0.4) is 0 Å². The number of anilines is 1. The van der Waals surface area contributed by atoms with Gasteiger partial charge in [0.15, 0.2) is 5.16 Å². The second-order valence-electron chi connectivity index (χ2n) is 9.47. The highest BCUT2D eigenvalue weighted by Gasteiger charge is 2.23. The standard InChI is InChI=1S/C32H30N4O5S/c1-3-28(30(38)34-26-12-6-7-13-27(26)40-2)42-32-35-25-11-5-4-10-24(25)31(39)36(32)20-21-14-16-22(17-15-21)29(37)33-19-23-9-8-18-41-23/h4-18,28H,3,19-20H2,1-2H3,(H,33,37)(H,34,38). The number of aromatic nitrogens is 2. The number of nitrogens with one attached hydrogen (secondary N) is 2. The highest BCUT2D eigenvalue weighted by Crippen LogP contribution is 2.29. The average Bonchev–Trinajstić information content (AvgIpc) is 3.55. The van der Waals surface area contributed by atoms with E-state index < -0.39 is 5.25 Å². The van der Waals surface area contributed by atoms with E-state index >= 15 is 0 Å². The minimum Gasteiger partial charge on any atom is -0.495 e. The van der Waals surface area contributed by atoms with Gasteiger partial charge in [-0.3, -0.25) is 19.0 Å². The Bertz CT molecular complexity index is 1750. The molecule has 214 valence electrons. The van der Waals surface area contributed by atoms with Gasteiger partial charge >= 0.3 is 0 Å². The maximum Gasteiger partial charge on any atom is 0.262 e. The number of benzene rings is 3. The first-order valence-corrected chi connectivity index (χ1v) is 14.3. The van der Waals surface area contributed by atoms with Crippen LogP contribution in [0.5, 0.6) is 5.75 Å². The van der Waals surface area contributed by atoms with Gasteiger partial charge in [-0.05, 0) is 60.5 Å². The summed E-state index contributed by atoms with van der Waals surface area (Å²) < 4.78 is 12.2. The lowest BCUT2D eigenvalue weighted by Gasteiger charge is -2.19. The number of rotatable bonds is 11. The number of fused-ring (bicyclic) bond motifs is 1. The van der Waals surface area contributed by atoms with Gasteiger partial charge in [-0.15, -0.1) is 0 Å². The lowest BCUT2D eigenvalue weighted by Crippen LogP contribution is -2.28. The number of hydrogen-bond acceptors (Lipinski definition) is 7. The van der Waals surface area contributed by atoms with Crippen molar-refractivity contribution in [2.45, 2.75) is 36.8 Å². The van der Waals surface area contributed by atoms with E-state index in [0.29, 0.717) is 45.2 Å². The number of nitrogens with zero attached hydrogens (tertiary/aromatic N) is 2. The van der Waals surface area contributed by atoms with Crippen LogP contribution in [-0.4, -0.2) is 33.7 Å². The van der Waals surface area contributed by atoms with E-state index in [0.717, 1.165) is 5.56 Å². The molecule has 0 aliphatic rings. The Labute approximate surface area is 246 Å². The SMILES string of the molecule is CCC(Sc1nc2ccccc2c(=O)n1Cc1ccc(C(=O)NCc2ccco2)cc1)C(=O)Nc1ccccc1OC. The Morgan fingerprint density at radius 2 is 1.76 bits per heavy atom. The molecule has 0 saturated heterocycles. The van der Waals surface area contributed by atoms with Crippen molar-refractivity contribution in [3.05, 3.63) is 118 Å². The first kappa shape index (κ1) is 28.7. The second kappa shape index (κ2) is 13.2. The molecule has 2 N–H and O–H groups in total. The van der Waals surface area contributed by atoms with Gasteiger partial charge in [0.2, 0.25) is 5.91 Å². The van der Waals surface area contributed by atoms with Crippen molar-refractivity contribution >= 4 is 40.2 Å². The highest BCUT2D eigenvalue weighted by molar-refractivity contribution is 8.00. The average molecular weight is 583 g/mol. The second-order valence-corrected chi connectivity index (χ2v) is 10.6. The van der Waals surface area contributed by atoms with E-state index in [1.807, 2.05) is 37.3 Å². The van der Waals surface area contributed by atoms with Gasteiger partial charge < -0.3 is 19.8 Å². The predicted molar refractivity (Wildman–Crippen MR) is 163 cm³/mol. The molecule has 1 atom stereocenters. The molecule has 9 nitrogen and oxygen atoms in total. The molecular formula is C32H30N4O5S. The molecule has 5 rings (SSSR count). The molecule has 0 spiro atoms. The van der Waals surface area contributed by atoms with Gasteiger partial charge in [-0.1, -0.05) is 55.1 Å². The van der Waals surface area contributed by atoms with Crippen molar-refractivity contribution in [2.75, 3.05) is 12.4 Å². The third-order valence-corrected chi connectivity index (χ3v) is 8.02. The first-order valence-electron chi connectivity index (χ1n) is 13.5. The van der Waals surface area contributed by atoms with Gasteiger partial charge in [0.25, 0.3) is 11.5 Å². The molecule has 0 radical (unpaired) electrons. The summed E-state index contributed by atoms with van der Waals surface area (Å²) in [4.78, 5) is 44.4. The Morgan fingerprint density at radius 3 is 2.50 bits per heavy atom. The van der Waals surface area contributed by atoms with Crippen LogP contribution in [0.1, 0.15) is 35.0 Å².